The van der Waals surface area contributed by atoms with Gasteiger partial charge >= 0.3 is 0 Å². The van der Waals surface area contributed by atoms with Crippen molar-refractivity contribution in [2.75, 3.05) is 25.0 Å². The van der Waals surface area contributed by atoms with Crippen LogP contribution in [0.3, 0.4) is 0 Å². The van der Waals surface area contributed by atoms with Gasteiger partial charge in [-0.1, -0.05) is 44.2 Å². The zero-order chi connectivity index (χ0) is 29.1. The number of carbonyl (C=O) groups excluding carboxylic acids is 3. The van der Waals surface area contributed by atoms with Crippen LogP contribution in [0.2, 0.25) is 0 Å². The van der Waals surface area contributed by atoms with E-state index in [1.807, 2.05) is 56.0 Å². The molecule has 1 saturated heterocycles. The molecule has 0 saturated carbocycles. The van der Waals surface area contributed by atoms with E-state index in [1.54, 1.807) is 24.3 Å². The highest BCUT2D eigenvalue weighted by Gasteiger charge is 2.32. The summed E-state index contributed by atoms with van der Waals surface area (Å²) >= 11 is 0. The average molecular weight is 554 g/mol. The summed E-state index contributed by atoms with van der Waals surface area (Å²) in [6.07, 6.45) is 4.54. The predicted molar refractivity (Wildman–Crippen MR) is 163 cm³/mol. The van der Waals surface area contributed by atoms with Crippen LogP contribution in [-0.4, -0.2) is 53.3 Å². The van der Waals surface area contributed by atoms with E-state index in [4.69, 9.17) is 0 Å². The molecule has 3 amide bonds. The van der Waals surface area contributed by atoms with Crippen molar-refractivity contribution in [3.63, 3.8) is 0 Å². The lowest BCUT2D eigenvalue weighted by Crippen LogP contribution is -2.41. The topological polar surface area (TPSA) is 106 Å². The number of hydrogen-bond donors (Lipinski definition) is 4. The monoisotopic (exact) mass is 553 g/mol. The molecule has 1 aromatic heterocycles. The van der Waals surface area contributed by atoms with Crippen LogP contribution in [0.4, 0.5) is 5.69 Å². The minimum absolute atomic E-state index is 0.0282. The second-order valence-corrected chi connectivity index (χ2v) is 10.9. The van der Waals surface area contributed by atoms with Crippen LogP contribution >= 0.6 is 0 Å². The summed E-state index contributed by atoms with van der Waals surface area (Å²) in [6.45, 7) is 10.3. The third-order valence-electron chi connectivity index (χ3n) is 8.23. The van der Waals surface area contributed by atoms with Gasteiger partial charge < -0.3 is 25.8 Å². The van der Waals surface area contributed by atoms with Gasteiger partial charge in [-0.15, -0.1) is 0 Å². The molecule has 2 aliphatic heterocycles. The lowest BCUT2D eigenvalue weighted by Gasteiger charge is -2.25. The van der Waals surface area contributed by atoms with Crippen molar-refractivity contribution in [3.8, 4) is 0 Å². The predicted octanol–water partition coefficient (Wildman–Crippen LogP) is 5.22. The van der Waals surface area contributed by atoms with E-state index in [2.05, 4.69) is 27.9 Å². The first-order chi connectivity index (χ1) is 19.8. The average Bonchev–Trinajstić information content (AvgIpc) is 3.65. The number of nitrogens with one attached hydrogen (secondary N) is 4. The minimum Gasteiger partial charge on any atom is -0.358 e. The zero-order valence-electron chi connectivity index (χ0n) is 24.3. The van der Waals surface area contributed by atoms with Gasteiger partial charge in [-0.05, 0) is 75.1 Å². The molecular formula is C33H39N5O3. The normalized spacial score (nSPS) is 18.0. The Hall–Kier alpha value is -4.17. The molecule has 0 spiro atoms. The molecule has 0 unspecified atom stereocenters. The van der Waals surface area contributed by atoms with E-state index in [1.165, 1.54) is 0 Å². The Kier molecular flexibility index (Phi) is 8.40. The van der Waals surface area contributed by atoms with Gasteiger partial charge in [0, 0.05) is 47.3 Å². The first-order valence-corrected chi connectivity index (χ1v) is 14.6. The Morgan fingerprint density at radius 2 is 1.90 bits per heavy atom. The molecule has 2 aromatic carbocycles. The molecule has 3 aromatic rings. The number of fused-ring (bicyclic) bond motifs is 1. The van der Waals surface area contributed by atoms with Crippen molar-refractivity contribution in [2.24, 2.45) is 0 Å². The van der Waals surface area contributed by atoms with Crippen LogP contribution in [0, 0.1) is 13.8 Å². The van der Waals surface area contributed by atoms with Crippen LogP contribution in [0.1, 0.15) is 87.9 Å². The SMILES string of the molecule is CCNC[C@@H]1CCCN1C(=O)c1c(C)[nH]c(/C=C2\C(=O)Nc3ccc(C(=O)N[C@H](CC)c4ccccc4)cc32)c1C. The van der Waals surface area contributed by atoms with Gasteiger partial charge in [0.1, 0.15) is 0 Å². The first kappa shape index (κ1) is 28.4. The number of anilines is 1. The first-order valence-electron chi connectivity index (χ1n) is 14.6. The smallest absolute Gasteiger partial charge is 0.256 e. The highest BCUT2D eigenvalue weighted by Crippen LogP contribution is 2.35. The highest BCUT2D eigenvalue weighted by atomic mass is 16.2. The molecule has 2 atom stereocenters. The van der Waals surface area contributed by atoms with E-state index < -0.39 is 0 Å². The van der Waals surface area contributed by atoms with Gasteiger partial charge in [-0.25, -0.2) is 0 Å². The molecule has 2 aliphatic rings. The number of amides is 3. The number of likely N-dealkylation sites (N-methyl/N-ethyl adjacent to an activating group) is 1. The summed E-state index contributed by atoms with van der Waals surface area (Å²) in [5.74, 6) is -0.404. The Balaban J connectivity index is 1.41. The van der Waals surface area contributed by atoms with Crippen molar-refractivity contribution in [1.82, 2.24) is 20.5 Å². The third kappa shape index (κ3) is 5.70. The molecular weight excluding hydrogens is 514 g/mol. The number of rotatable bonds is 9. The highest BCUT2D eigenvalue weighted by molar-refractivity contribution is 6.35. The van der Waals surface area contributed by atoms with E-state index in [9.17, 15) is 14.4 Å². The number of nitrogens with zero attached hydrogens (tertiary/aromatic N) is 1. The van der Waals surface area contributed by atoms with E-state index in [0.717, 1.165) is 61.4 Å². The molecule has 41 heavy (non-hydrogen) atoms. The quantitative estimate of drug-likeness (QED) is 0.273. The van der Waals surface area contributed by atoms with Gasteiger partial charge in [0.25, 0.3) is 17.7 Å². The number of benzene rings is 2. The molecule has 0 aliphatic carbocycles. The summed E-state index contributed by atoms with van der Waals surface area (Å²) in [7, 11) is 0. The van der Waals surface area contributed by atoms with Crippen LogP contribution in [-0.2, 0) is 4.79 Å². The number of aromatic nitrogens is 1. The van der Waals surface area contributed by atoms with Crippen molar-refractivity contribution < 1.29 is 14.4 Å². The lowest BCUT2D eigenvalue weighted by atomic mass is 10.0. The summed E-state index contributed by atoms with van der Waals surface area (Å²) in [5.41, 5.74) is 6.30. The number of likely N-dealkylation sites (tertiary alicyclic amines) is 1. The molecule has 8 heteroatoms. The third-order valence-corrected chi connectivity index (χ3v) is 8.23. The number of aryl methyl sites for hydroxylation is 1. The molecule has 214 valence electrons. The summed E-state index contributed by atoms with van der Waals surface area (Å²) < 4.78 is 0. The Morgan fingerprint density at radius 3 is 2.63 bits per heavy atom. The number of carbonyl (C=O) groups is 3. The van der Waals surface area contributed by atoms with Crippen molar-refractivity contribution in [1.29, 1.82) is 0 Å². The summed E-state index contributed by atoms with van der Waals surface area (Å²) in [5, 5.41) is 9.41. The minimum atomic E-state index is -0.238. The summed E-state index contributed by atoms with van der Waals surface area (Å²) in [4.78, 5) is 45.2. The maximum Gasteiger partial charge on any atom is 0.256 e. The van der Waals surface area contributed by atoms with E-state index in [-0.39, 0.29) is 29.8 Å². The molecule has 3 heterocycles. The fourth-order valence-electron chi connectivity index (χ4n) is 5.97. The standard InChI is InChI=1S/C33H39N5O3/c1-5-27(22-11-8-7-9-12-22)36-31(39)23-14-15-28-25(17-23)26(32(40)37-28)18-29-20(3)30(21(4)35-29)33(41)38-16-10-13-24(38)19-34-6-2/h7-9,11-12,14-15,17-18,24,27,34-35H,5-6,10,13,16,19H2,1-4H3,(H,36,39)(H,37,40)/b26-18-/t24-,27+/m0/s1. The van der Waals surface area contributed by atoms with Crippen LogP contribution < -0.4 is 16.0 Å². The second-order valence-electron chi connectivity index (χ2n) is 10.9. The van der Waals surface area contributed by atoms with Crippen LogP contribution in [0.25, 0.3) is 11.6 Å². The number of H-pyrrole nitrogens is 1. The van der Waals surface area contributed by atoms with Crippen molar-refractivity contribution >= 4 is 35.1 Å². The Labute approximate surface area is 241 Å². The molecule has 1 fully saturated rings. The maximum atomic E-state index is 13.6. The number of hydrogen-bond acceptors (Lipinski definition) is 4. The molecule has 0 radical (unpaired) electrons. The maximum absolute atomic E-state index is 13.6. The molecule has 4 N–H and O–H groups in total. The molecule has 0 bridgehead atoms. The van der Waals surface area contributed by atoms with Crippen molar-refractivity contribution in [2.45, 2.75) is 59.0 Å². The van der Waals surface area contributed by atoms with Gasteiger partial charge in [-0.3, -0.25) is 14.4 Å². The summed E-state index contributed by atoms with van der Waals surface area (Å²) in [6, 6.07) is 15.2. The Morgan fingerprint density at radius 1 is 1.12 bits per heavy atom. The van der Waals surface area contributed by atoms with Gasteiger partial charge in [0.2, 0.25) is 0 Å². The Bertz CT molecular complexity index is 1490. The van der Waals surface area contributed by atoms with Crippen LogP contribution in [0.15, 0.2) is 48.5 Å². The van der Waals surface area contributed by atoms with E-state index >= 15 is 0 Å². The van der Waals surface area contributed by atoms with Gasteiger partial charge in [-0.2, -0.15) is 0 Å². The largest absolute Gasteiger partial charge is 0.358 e. The fourth-order valence-corrected chi connectivity index (χ4v) is 5.97. The van der Waals surface area contributed by atoms with Gasteiger partial charge in [0.05, 0.1) is 17.2 Å². The molecule has 5 rings (SSSR count). The lowest BCUT2D eigenvalue weighted by molar-refractivity contribution is -0.110. The number of aromatic amines is 1. The fraction of sp³-hybridized carbons (Fsp3) is 0.364. The molecule has 8 nitrogen and oxygen atoms in total. The zero-order valence-corrected chi connectivity index (χ0v) is 24.3. The van der Waals surface area contributed by atoms with E-state index in [0.29, 0.717) is 28.0 Å². The van der Waals surface area contributed by atoms with Crippen molar-refractivity contribution in [3.05, 3.63) is 87.7 Å². The second kappa shape index (κ2) is 12.1. The van der Waals surface area contributed by atoms with Gasteiger partial charge in [0.15, 0.2) is 0 Å². The van der Waals surface area contributed by atoms with Crippen LogP contribution in [0.5, 0.6) is 0 Å².